The number of nitrogens with two attached hydrogens (primary N) is 1. The van der Waals surface area contributed by atoms with Crippen LogP contribution in [0.4, 0.5) is 0 Å². The molecule has 0 aliphatic heterocycles. The van der Waals surface area contributed by atoms with Gasteiger partial charge >= 0.3 is 0 Å². The van der Waals surface area contributed by atoms with Crippen LogP contribution in [0.3, 0.4) is 0 Å². The molecular weight excluding hydrogens is 250 g/mol. The molecule has 0 aliphatic carbocycles. The minimum atomic E-state index is 0.0456. The zero-order chi connectivity index (χ0) is 14.4. The van der Waals surface area contributed by atoms with Gasteiger partial charge in [-0.05, 0) is 41.7 Å². The van der Waals surface area contributed by atoms with E-state index in [4.69, 9.17) is 10.6 Å². The van der Waals surface area contributed by atoms with E-state index < -0.39 is 0 Å². The summed E-state index contributed by atoms with van der Waals surface area (Å²) in [6.45, 7) is 2.12. The van der Waals surface area contributed by atoms with Gasteiger partial charge < -0.3 is 4.74 Å². The molecule has 2 aromatic rings. The van der Waals surface area contributed by atoms with Gasteiger partial charge in [-0.3, -0.25) is 16.3 Å². The third kappa shape index (κ3) is 3.15. The summed E-state index contributed by atoms with van der Waals surface area (Å²) in [6.07, 6.45) is 5.42. The summed E-state index contributed by atoms with van der Waals surface area (Å²) >= 11 is 0. The minimum absolute atomic E-state index is 0.0456. The van der Waals surface area contributed by atoms with Gasteiger partial charge in [0.2, 0.25) is 0 Å². The van der Waals surface area contributed by atoms with Gasteiger partial charge in [0.1, 0.15) is 5.75 Å². The predicted molar refractivity (Wildman–Crippen MR) is 80.4 cm³/mol. The standard InChI is InChI=1S/C16H21N3O/c1-3-12-11-18-9-8-14(12)15(19-17)10-13-6-4-5-7-16(13)20-2/h4-9,11,15,19H,3,10,17H2,1-2H3. The molecule has 0 radical (unpaired) electrons. The fraction of sp³-hybridized carbons (Fsp3) is 0.312. The van der Waals surface area contributed by atoms with Gasteiger partial charge in [0, 0.05) is 12.4 Å². The van der Waals surface area contributed by atoms with Gasteiger partial charge in [0.25, 0.3) is 0 Å². The van der Waals surface area contributed by atoms with Crippen molar-refractivity contribution < 1.29 is 4.74 Å². The van der Waals surface area contributed by atoms with Gasteiger partial charge in [-0.2, -0.15) is 0 Å². The molecular formula is C16H21N3O. The Hall–Kier alpha value is -1.91. The number of para-hydroxylation sites is 1. The maximum Gasteiger partial charge on any atom is 0.122 e. The minimum Gasteiger partial charge on any atom is -0.496 e. The summed E-state index contributed by atoms with van der Waals surface area (Å²) < 4.78 is 5.40. The Bertz CT molecular complexity index is 557. The average Bonchev–Trinajstić information content (AvgIpc) is 2.53. The summed E-state index contributed by atoms with van der Waals surface area (Å²) in [7, 11) is 1.69. The molecule has 1 heterocycles. The number of nitrogens with one attached hydrogen (secondary N) is 1. The zero-order valence-electron chi connectivity index (χ0n) is 12.0. The molecule has 1 unspecified atom stereocenters. The van der Waals surface area contributed by atoms with Crippen LogP contribution in [-0.4, -0.2) is 12.1 Å². The molecule has 20 heavy (non-hydrogen) atoms. The van der Waals surface area contributed by atoms with Gasteiger partial charge in [0.15, 0.2) is 0 Å². The Balaban J connectivity index is 2.29. The summed E-state index contributed by atoms with van der Waals surface area (Å²) in [5.41, 5.74) is 6.45. The van der Waals surface area contributed by atoms with E-state index in [1.54, 1.807) is 13.3 Å². The molecule has 0 bridgehead atoms. The lowest BCUT2D eigenvalue weighted by Gasteiger charge is -2.20. The number of hydrogen-bond acceptors (Lipinski definition) is 4. The highest BCUT2D eigenvalue weighted by molar-refractivity contribution is 5.36. The van der Waals surface area contributed by atoms with Crippen LogP contribution in [0.2, 0.25) is 0 Å². The van der Waals surface area contributed by atoms with E-state index in [0.717, 1.165) is 24.2 Å². The van der Waals surface area contributed by atoms with Gasteiger partial charge in [-0.1, -0.05) is 25.1 Å². The third-order valence-corrected chi connectivity index (χ3v) is 3.52. The van der Waals surface area contributed by atoms with E-state index >= 15 is 0 Å². The fourth-order valence-corrected chi connectivity index (χ4v) is 2.42. The highest BCUT2D eigenvalue weighted by atomic mass is 16.5. The SMILES string of the molecule is CCc1cnccc1C(Cc1ccccc1OC)NN. The molecule has 0 saturated carbocycles. The predicted octanol–water partition coefficient (Wildman–Crippen LogP) is 2.40. The van der Waals surface area contributed by atoms with Crippen LogP contribution in [-0.2, 0) is 12.8 Å². The summed E-state index contributed by atoms with van der Waals surface area (Å²) in [5.74, 6) is 6.65. The Morgan fingerprint density at radius 3 is 2.75 bits per heavy atom. The molecule has 2 rings (SSSR count). The van der Waals surface area contributed by atoms with Crippen LogP contribution in [0.5, 0.6) is 5.75 Å². The van der Waals surface area contributed by atoms with E-state index in [-0.39, 0.29) is 6.04 Å². The number of hydrogen-bond donors (Lipinski definition) is 2. The molecule has 0 spiro atoms. The smallest absolute Gasteiger partial charge is 0.122 e. The number of ether oxygens (including phenoxy) is 1. The normalized spacial score (nSPS) is 12.2. The lowest BCUT2D eigenvalue weighted by Crippen LogP contribution is -2.30. The van der Waals surface area contributed by atoms with Crippen molar-refractivity contribution in [2.24, 2.45) is 5.84 Å². The molecule has 1 aromatic carbocycles. The lowest BCUT2D eigenvalue weighted by atomic mass is 9.95. The van der Waals surface area contributed by atoms with Crippen molar-refractivity contribution in [1.82, 2.24) is 10.4 Å². The van der Waals surface area contributed by atoms with Crippen molar-refractivity contribution in [1.29, 1.82) is 0 Å². The number of rotatable bonds is 6. The van der Waals surface area contributed by atoms with E-state index in [0.29, 0.717) is 0 Å². The molecule has 1 atom stereocenters. The highest BCUT2D eigenvalue weighted by Gasteiger charge is 2.15. The molecule has 106 valence electrons. The van der Waals surface area contributed by atoms with Crippen molar-refractivity contribution in [3.63, 3.8) is 0 Å². The first-order valence-corrected chi connectivity index (χ1v) is 6.81. The number of benzene rings is 1. The van der Waals surface area contributed by atoms with Gasteiger partial charge in [-0.25, -0.2) is 0 Å². The molecule has 0 fully saturated rings. The Morgan fingerprint density at radius 1 is 1.25 bits per heavy atom. The average molecular weight is 271 g/mol. The second kappa shape index (κ2) is 7.03. The number of pyridine rings is 1. The van der Waals surface area contributed by atoms with Crippen LogP contribution >= 0.6 is 0 Å². The lowest BCUT2D eigenvalue weighted by molar-refractivity contribution is 0.405. The van der Waals surface area contributed by atoms with E-state index in [2.05, 4.69) is 23.4 Å². The van der Waals surface area contributed by atoms with Crippen molar-refractivity contribution in [3.8, 4) is 5.75 Å². The summed E-state index contributed by atoms with van der Waals surface area (Å²) in [6, 6.07) is 10.1. The quantitative estimate of drug-likeness (QED) is 0.625. The van der Waals surface area contributed by atoms with E-state index in [9.17, 15) is 0 Å². The van der Waals surface area contributed by atoms with Gasteiger partial charge in [0.05, 0.1) is 13.2 Å². The van der Waals surface area contributed by atoms with E-state index in [1.165, 1.54) is 11.1 Å². The monoisotopic (exact) mass is 271 g/mol. The molecule has 4 nitrogen and oxygen atoms in total. The topological polar surface area (TPSA) is 60.2 Å². The second-order valence-corrected chi connectivity index (χ2v) is 4.66. The second-order valence-electron chi connectivity index (χ2n) is 4.66. The maximum atomic E-state index is 5.76. The summed E-state index contributed by atoms with van der Waals surface area (Å²) in [5, 5.41) is 0. The molecule has 0 saturated heterocycles. The Labute approximate surface area is 120 Å². The Morgan fingerprint density at radius 2 is 2.05 bits per heavy atom. The molecule has 1 aromatic heterocycles. The van der Waals surface area contributed by atoms with Crippen LogP contribution in [0.15, 0.2) is 42.7 Å². The molecule has 4 heteroatoms. The van der Waals surface area contributed by atoms with E-state index in [1.807, 2.05) is 30.5 Å². The number of aromatic nitrogens is 1. The molecule has 3 N–H and O–H groups in total. The Kier molecular flexibility index (Phi) is 5.09. The number of nitrogens with zero attached hydrogens (tertiary/aromatic N) is 1. The molecule has 0 amide bonds. The largest absolute Gasteiger partial charge is 0.496 e. The summed E-state index contributed by atoms with van der Waals surface area (Å²) in [4.78, 5) is 4.18. The van der Waals surface area contributed by atoms with Gasteiger partial charge in [-0.15, -0.1) is 0 Å². The number of hydrazine groups is 1. The fourth-order valence-electron chi connectivity index (χ4n) is 2.42. The van der Waals surface area contributed by atoms with Crippen molar-refractivity contribution in [3.05, 3.63) is 59.4 Å². The first-order valence-electron chi connectivity index (χ1n) is 6.81. The van der Waals surface area contributed by atoms with Crippen molar-refractivity contribution >= 4 is 0 Å². The highest BCUT2D eigenvalue weighted by Crippen LogP contribution is 2.26. The molecule has 0 aliphatic rings. The first-order chi connectivity index (χ1) is 9.80. The third-order valence-electron chi connectivity index (χ3n) is 3.52. The zero-order valence-corrected chi connectivity index (χ0v) is 12.0. The van der Waals surface area contributed by atoms with Crippen molar-refractivity contribution in [2.75, 3.05) is 7.11 Å². The van der Waals surface area contributed by atoms with Crippen LogP contribution in [0.25, 0.3) is 0 Å². The van der Waals surface area contributed by atoms with Crippen LogP contribution in [0.1, 0.15) is 29.7 Å². The first kappa shape index (κ1) is 14.5. The maximum absolute atomic E-state index is 5.76. The van der Waals surface area contributed by atoms with Crippen LogP contribution < -0.4 is 16.0 Å². The number of methoxy groups -OCH3 is 1. The van der Waals surface area contributed by atoms with Crippen molar-refractivity contribution in [2.45, 2.75) is 25.8 Å². The van der Waals surface area contributed by atoms with Crippen LogP contribution in [0, 0.1) is 0 Å². The number of aryl methyl sites for hydroxylation is 1.